The van der Waals surface area contributed by atoms with E-state index in [1.807, 2.05) is 12.1 Å². The normalized spacial score (nSPS) is 15.3. The summed E-state index contributed by atoms with van der Waals surface area (Å²) < 4.78 is 24.9. The molecular weight excluding hydrogens is 375 g/mol. The van der Waals surface area contributed by atoms with Gasteiger partial charge >= 0.3 is 0 Å². The molecule has 0 saturated heterocycles. The second-order valence-corrected chi connectivity index (χ2v) is 6.79. The number of nitrogens with two attached hydrogens (primary N) is 1. The third-order valence-electron chi connectivity index (χ3n) is 4.75. The maximum atomic E-state index is 13.5. The molecule has 0 radical (unpaired) electrons. The number of hydrogen-bond acceptors (Lipinski definition) is 5. The standard InChI is InChI=1S/C21H21FN4O3/c22-17-2-4-19-14(8-17)7-15(12-29-19)21(27)26-18-3-1-13(16-10-24-25-11-16)9-20(18)28-6-5-23/h1-4,8-11,15H,5-7,12,23H2,(H,24,25)(H,26,27). The van der Waals surface area contributed by atoms with E-state index in [2.05, 4.69) is 15.5 Å². The monoisotopic (exact) mass is 396 g/mol. The van der Waals surface area contributed by atoms with Gasteiger partial charge in [-0.2, -0.15) is 5.10 Å². The van der Waals surface area contributed by atoms with Crippen LogP contribution >= 0.6 is 0 Å². The molecule has 150 valence electrons. The van der Waals surface area contributed by atoms with E-state index in [-0.39, 0.29) is 18.3 Å². The zero-order chi connectivity index (χ0) is 20.2. The lowest BCUT2D eigenvalue weighted by atomic mass is 9.95. The maximum absolute atomic E-state index is 13.5. The Morgan fingerprint density at radius 1 is 1.31 bits per heavy atom. The molecule has 1 aromatic heterocycles. The molecule has 1 aliphatic heterocycles. The first-order chi connectivity index (χ1) is 14.1. The van der Waals surface area contributed by atoms with E-state index in [1.165, 1.54) is 12.1 Å². The van der Waals surface area contributed by atoms with Gasteiger partial charge in [0.05, 0.1) is 17.8 Å². The molecule has 1 amide bonds. The first-order valence-corrected chi connectivity index (χ1v) is 9.32. The first-order valence-electron chi connectivity index (χ1n) is 9.32. The van der Waals surface area contributed by atoms with Gasteiger partial charge in [0.1, 0.15) is 30.5 Å². The molecule has 7 nitrogen and oxygen atoms in total. The third-order valence-corrected chi connectivity index (χ3v) is 4.75. The van der Waals surface area contributed by atoms with Crippen LogP contribution in [0.15, 0.2) is 48.8 Å². The zero-order valence-corrected chi connectivity index (χ0v) is 15.7. The molecule has 0 fully saturated rings. The molecule has 4 N–H and O–H groups in total. The van der Waals surface area contributed by atoms with Gasteiger partial charge in [-0.15, -0.1) is 0 Å². The minimum atomic E-state index is -0.430. The van der Waals surface area contributed by atoms with Gasteiger partial charge in [0, 0.05) is 18.3 Å². The number of aromatic amines is 1. The van der Waals surface area contributed by atoms with Crippen molar-refractivity contribution in [3.05, 3.63) is 60.2 Å². The van der Waals surface area contributed by atoms with Crippen molar-refractivity contribution < 1.29 is 18.7 Å². The molecule has 0 aliphatic carbocycles. The Morgan fingerprint density at radius 3 is 3.00 bits per heavy atom. The SMILES string of the molecule is NCCOc1cc(-c2cn[nH]c2)ccc1NC(=O)C1COc2ccc(F)cc2C1. The van der Waals surface area contributed by atoms with Crippen molar-refractivity contribution in [1.82, 2.24) is 10.2 Å². The molecule has 1 unspecified atom stereocenters. The first kappa shape index (κ1) is 18.9. The topological polar surface area (TPSA) is 102 Å². The molecule has 0 spiro atoms. The Bertz CT molecular complexity index is 1010. The second-order valence-electron chi connectivity index (χ2n) is 6.79. The van der Waals surface area contributed by atoms with E-state index < -0.39 is 5.92 Å². The summed E-state index contributed by atoms with van der Waals surface area (Å²) in [7, 11) is 0. The van der Waals surface area contributed by atoms with Crippen molar-refractivity contribution in [2.75, 3.05) is 25.1 Å². The molecule has 0 saturated carbocycles. The fourth-order valence-electron chi connectivity index (χ4n) is 3.27. The number of nitrogens with zero attached hydrogens (tertiary/aromatic N) is 1. The smallest absolute Gasteiger partial charge is 0.231 e. The maximum Gasteiger partial charge on any atom is 0.231 e. The van der Waals surface area contributed by atoms with Crippen LogP contribution in [0.3, 0.4) is 0 Å². The number of benzene rings is 2. The average molecular weight is 396 g/mol. The summed E-state index contributed by atoms with van der Waals surface area (Å²) in [6.45, 7) is 0.898. The molecule has 4 rings (SSSR count). The highest BCUT2D eigenvalue weighted by molar-refractivity contribution is 5.95. The lowest BCUT2D eigenvalue weighted by Crippen LogP contribution is -2.32. The molecule has 1 aliphatic rings. The van der Waals surface area contributed by atoms with E-state index in [0.29, 0.717) is 42.3 Å². The van der Waals surface area contributed by atoms with Crippen molar-refractivity contribution in [1.29, 1.82) is 0 Å². The van der Waals surface area contributed by atoms with Crippen molar-refractivity contribution in [3.63, 3.8) is 0 Å². The molecule has 1 atom stereocenters. The number of amides is 1. The Morgan fingerprint density at radius 2 is 2.21 bits per heavy atom. The third kappa shape index (κ3) is 4.22. The number of fused-ring (bicyclic) bond motifs is 1. The van der Waals surface area contributed by atoms with Crippen molar-refractivity contribution in [3.8, 4) is 22.6 Å². The van der Waals surface area contributed by atoms with Crippen LogP contribution in [0.4, 0.5) is 10.1 Å². The Balaban J connectivity index is 1.52. The number of ether oxygens (including phenoxy) is 2. The summed E-state index contributed by atoms with van der Waals surface area (Å²) in [5.74, 6) is 0.145. The van der Waals surface area contributed by atoms with E-state index in [0.717, 1.165) is 11.1 Å². The molecule has 2 heterocycles. The summed E-state index contributed by atoms with van der Waals surface area (Å²) in [5, 5.41) is 9.63. The van der Waals surface area contributed by atoms with Crippen LogP contribution in [0.2, 0.25) is 0 Å². The molecule has 0 bridgehead atoms. The van der Waals surface area contributed by atoms with Crippen LogP contribution in [0.1, 0.15) is 5.56 Å². The van der Waals surface area contributed by atoms with Crippen LogP contribution in [-0.4, -0.2) is 35.9 Å². The van der Waals surface area contributed by atoms with Crippen molar-refractivity contribution in [2.45, 2.75) is 6.42 Å². The van der Waals surface area contributed by atoms with Gasteiger partial charge in [0.25, 0.3) is 0 Å². The van der Waals surface area contributed by atoms with Gasteiger partial charge in [-0.1, -0.05) is 6.07 Å². The highest BCUT2D eigenvalue weighted by atomic mass is 19.1. The Kier molecular flexibility index (Phi) is 5.44. The summed E-state index contributed by atoms with van der Waals surface area (Å²) >= 11 is 0. The van der Waals surface area contributed by atoms with Crippen LogP contribution in [0.5, 0.6) is 11.5 Å². The fourth-order valence-corrected chi connectivity index (χ4v) is 3.27. The number of carbonyl (C=O) groups is 1. The molecule has 8 heteroatoms. The molecule has 3 aromatic rings. The van der Waals surface area contributed by atoms with Crippen LogP contribution in [0, 0.1) is 11.7 Å². The minimum Gasteiger partial charge on any atom is -0.492 e. The highest BCUT2D eigenvalue weighted by Gasteiger charge is 2.27. The van der Waals surface area contributed by atoms with Crippen molar-refractivity contribution in [2.24, 2.45) is 11.7 Å². The highest BCUT2D eigenvalue weighted by Crippen LogP contribution is 2.32. The van der Waals surface area contributed by atoms with Gasteiger partial charge < -0.3 is 20.5 Å². The Hall–Kier alpha value is -3.39. The fraction of sp³-hybridized carbons (Fsp3) is 0.238. The summed E-state index contributed by atoms with van der Waals surface area (Å²) in [6, 6.07) is 9.83. The van der Waals surface area contributed by atoms with E-state index in [4.69, 9.17) is 15.2 Å². The molecule has 29 heavy (non-hydrogen) atoms. The van der Waals surface area contributed by atoms with Crippen LogP contribution in [0.25, 0.3) is 11.1 Å². The van der Waals surface area contributed by atoms with Crippen LogP contribution in [-0.2, 0) is 11.2 Å². The average Bonchev–Trinajstić information content (AvgIpc) is 3.27. The zero-order valence-electron chi connectivity index (χ0n) is 15.7. The van der Waals surface area contributed by atoms with Gasteiger partial charge in [-0.05, 0) is 47.9 Å². The van der Waals surface area contributed by atoms with Crippen LogP contribution < -0.4 is 20.5 Å². The van der Waals surface area contributed by atoms with E-state index in [9.17, 15) is 9.18 Å². The van der Waals surface area contributed by atoms with Gasteiger partial charge in [0.2, 0.25) is 5.91 Å². The molecule has 2 aromatic carbocycles. The number of anilines is 1. The second kappa shape index (κ2) is 8.32. The number of carbonyl (C=O) groups excluding carboxylic acids is 1. The number of H-pyrrole nitrogens is 1. The van der Waals surface area contributed by atoms with E-state index >= 15 is 0 Å². The van der Waals surface area contributed by atoms with Gasteiger partial charge in [-0.3, -0.25) is 9.89 Å². The summed E-state index contributed by atoms with van der Waals surface area (Å²) in [5.41, 5.74) is 8.59. The number of rotatable bonds is 6. The number of nitrogens with one attached hydrogen (secondary N) is 2. The van der Waals surface area contributed by atoms with Crippen molar-refractivity contribution >= 4 is 11.6 Å². The largest absolute Gasteiger partial charge is 0.492 e. The summed E-state index contributed by atoms with van der Waals surface area (Å²) in [6.07, 6.45) is 3.89. The predicted octanol–water partition coefficient (Wildman–Crippen LogP) is 2.74. The lowest BCUT2D eigenvalue weighted by Gasteiger charge is -2.25. The lowest BCUT2D eigenvalue weighted by molar-refractivity contribution is -0.121. The van der Waals surface area contributed by atoms with Gasteiger partial charge in [-0.25, -0.2) is 4.39 Å². The van der Waals surface area contributed by atoms with E-state index in [1.54, 1.807) is 24.5 Å². The number of halogens is 1. The van der Waals surface area contributed by atoms with Gasteiger partial charge in [0.15, 0.2) is 0 Å². The quantitative estimate of drug-likeness (QED) is 0.595. The molecular formula is C21H21FN4O3. The predicted molar refractivity (Wildman–Crippen MR) is 106 cm³/mol. The number of hydrogen-bond donors (Lipinski definition) is 3. The Labute approximate surface area is 167 Å². The summed E-state index contributed by atoms with van der Waals surface area (Å²) in [4.78, 5) is 12.8. The number of aromatic nitrogens is 2. The minimum absolute atomic E-state index is 0.214.